The minimum absolute atomic E-state index is 0.0770. The van der Waals surface area contributed by atoms with Gasteiger partial charge >= 0.3 is 0 Å². The molecule has 1 aromatic carbocycles. The maximum absolute atomic E-state index is 11.8. The molecule has 0 aliphatic carbocycles. The topological polar surface area (TPSA) is 63.8 Å². The zero-order chi connectivity index (χ0) is 10.8. The quantitative estimate of drug-likeness (QED) is 0.762. The number of para-hydroxylation sites is 1. The van der Waals surface area contributed by atoms with E-state index in [1.807, 2.05) is 31.2 Å². The van der Waals surface area contributed by atoms with E-state index in [2.05, 4.69) is 5.10 Å². The molecule has 15 heavy (non-hydrogen) atoms. The van der Waals surface area contributed by atoms with Crippen LogP contribution < -0.4 is 11.3 Å². The molecule has 4 nitrogen and oxygen atoms in total. The molecule has 0 fully saturated rings. The van der Waals surface area contributed by atoms with E-state index in [1.165, 1.54) is 4.68 Å². The number of nitrogens with zero attached hydrogens (tertiary/aromatic N) is 1. The first-order valence-electron chi connectivity index (χ1n) is 4.79. The van der Waals surface area contributed by atoms with Crippen LogP contribution in [0.15, 0.2) is 35.3 Å². The molecule has 0 saturated carbocycles. The fourth-order valence-electron chi connectivity index (χ4n) is 1.55. The molecule has 0 radical (unpaired) electrons. The van der Waals surface area contributed by atoms with Crippen molar-refractivity contribution in [3.05, 3.63) is 51.9 Å². The average Bonchev–Trinajstić information content (AvgIpc) is 2.60. The molecule has 2 rings (SSSR count). The zero-order valence-corrected chi connectivity index (χ0v) is 8.53. The second-order valence-corrected chi connectivity index (χ2v) is 3.43. The summed E-state index contributed by atoms with van der Waals surface area (Å²) in [6.07, 6.45) is 1.65. The van der Waals surface area contributed by atoms with E-state index in [9.17, 15) is 4.79 Å². The standard InChI is InChI=1S/C11H13N3O/c1-8-4-2-3-5-10(8)14-11(15)9(6-12)7-13-14/h2-5,7,13H,6,12H2,1H3. The van der Waals surface area contributed by atoms with E-state index in [1.54, 1.807) is 6.20 Å². The molecular weight excluding hydrogens is 190 g/mol. The Labute approximate surface area is 87.3 Å². The van der Waals surface area contributed by atoms with Gasteiger partial charge in [0.25, 0.3) is 5.56 Å². The van der Waals surface area contributed by atoms with Crippen molar-refractivity contribution in [1.82, 2.24) is 9.78 Å². The van der Waals surface area contributed by atoms with Crippen molar-refractivity contribution >= 4 is 0 Å². The predicted octanol–water partition coefficient (Wildman–Crippen LogP) is 0.933. The van der Waals surface area contributed by atoms with Crippen molar-refractivity contribution in [3.63, 3.8) is 0 Å². The number of aryl methyl sites for hydroxylation is 1. The first kappa shape index (κ1) is 9.73. The summed E-state index contributed by atoms with van der Waals surface area (Å²) < 4.78 is 1.51. The second-order valence-electron chi connectivity index (χ2n) is 3.43. The maximum Gasteiger partial charge on any atom is 0.275 e. The Morgan fingerprint density at radius 3 is 2.73 bits per heavy atom. The van der Waals surface area contributed by atoms with E-state index in [0.29, 0.717) is 5.56 Å². The van der Waals surface area contributed by atoms with Crippen LogP contribution in [0.1, 0.15) is 11.1 Å². The molecule has 2 aromatic rings. The third kappa shape index (κ3) is 1.59. The molecular formula is C11H13N3O. The van der Waals surface area contributed by atoms with E-state index in [4.69, 9.17) is 5.73 Å². The molecule has 0 bridgehead atoms. The molecule has 0 unspecified atom stereocenters. The Kier molecular flexibility index (Phi) is 2.43. The van der Waals surface area contributed by atoms with Crippen LogP contribution in [0, 0.1) is 6.92 Å². The summed E-state index contributed by atoms with van der Waals surface area (Å²) in [7, 11) is 0. The molecule has 1 aromatic heterocycles. The first-order valence-corrected chi connectivity index (χ1v) is 4.79. The number of benzene rings is 1. The van der Waals surface area contributed by atoms with Crippen molar-refractivity contribution < 1.29 is 0 Å². The maximum atomic E-state index is 11.8. The van der Waals surface area contributed by atoms with Gasteiger partial charge in [-0.25, -0.2) is 4.68 Å². The smallest absolute Gasteiger partial charge is 0.275 e. The van der Waals surface area contributed by atoms with Gasteiger partial charge < -0.3 is 5.73 Å². The number of hydrogen-bond acceptors (Lipinski definition) is 2. The van der Waals surface area contributed by atoms with E-state index >= 15 is 0 Å². The molecule has 0 aliphatic rings. The van der Waals surface area contributed by atoms with Crippen LogP contribution in [0.2, 0.25) is 0 Å². The fraction of sp³-hybridized carbons (Fsp3) is 0.182. The van der Waals surface area contributed by atoms with Gasteiger partial charge in [0.1, 0.15) is 0 Å². The van der Waals surface area contributed by atoms with Crippen molar-refractivity contribution in [1.29, 1.82) is 0 Å². The summed E-state index contributed by atoms with van der Waals surface area (Å²) in [5.74, 6) is 0. The van der Waals surface area contributed by atoms with Gasteiger partial charge in [-0.15, -0.1) is 0 Å². The van der Waals surface area contributed by atoms with Crippen LogP contribution in [0.3, 0.4) is 0 Å². The highest BCUT2D eigenvalue weighted by molar-refractivity contribution is 5.39. The number of H-pyrrole nitrogens is 1. The number of rotatable bonds is 2. The van der Waals surface area contributed by atoms with Crippen LogP contribution in [0.25, 0.3) is 5.69 Å². The molecule has 0 saturated heterocycles. The molecule has 0 amide bonds. The predicted molar refractivity (Wildman–Crippen MR) is 59.0 cm³/mol. The molecule has 0 aliphatic heterocycles. The lowest BCUT2D eigenvalue weighted by molar-refractivity contribution is 0.839. The Hall–Kier alpha value is -1.81. The largest absolute Gasteiger partial charge is 0.326 e. The summed E-state index contributed by atoms with van der Waals surface area (Å²) in [6.45, 7) is 2.22. The van der Waals surface area contributed by atoms with Crippen molar-refractivity contribution in [2.75, 3.05) is 0 Å². The number of nitrogens with two attached hydrogens (primary N) is 1. The van der Waals surface area contributed by atoms with Gasteiger partial charge in [-0.05, 0) is 18.6 Å². The Balaban J connectivity index is 2.60. The highest BCUT2D eigenvalue weighted by atomic mass is 16.1. The van der Waals surface area contributed by atoms with Crippen LogP contribution in [-0.4, -0.2) is 9.78 Å². The SMILES string of the molecule is Cc1ccccc1-n1[nH]cc(CN)c1=O. The third-order valence-electron chi connectivity index (χ3n) is 2.42. The van der Waals surface area contributed by atoms with Gasteiger partial charge in [-0.1, -0.05) is 18.2 Å². The number of hydrogen-bond donors (Lipinski definition) is 2. The van der Waals surface area contributed by atoms with Gasteiger partial charge in [-0.2, -0.15) is 0 Å². The van der Waals surface area contributed by atoms with Crippen LogP contribution >= 0.6 is 0 Å². The molecule has 3 N–H and O–H groups in total. The highest BCUT2D eigenvalue weighted by Crippen LogP contribution is 2.09. The van der Waals surface area contributed by atoms with Gasteiger partial charge in [-0.3, -0.25) is 9.89 Å². The van der Waals surface area contributed by atoms with Crippen LogP contribution in [0.5, 0.6) is 0 Å². The minimum atomic E-state index is -0.0770. The summed E-state index contributed by atoms with van der Waals surface area (Å²) in [4.78, 5) is 11.8. The van der Waals surface area contributed by atoms with Gasteiger partial charge in [0, 0.05) is 12.7 Å². The Morgan fingerprint density at radius 1 is 1.40 bits per heavy atom. The van der Waals surface area contributed by atoms with Gasteiger partial charge in [0.2, 0.25) is 0 Å². The normalized spacial score (nSPS) is 10.5. The summed E-state index contributed by atoms with van der Waals surface area (Å²) in [5.41, 5.74) is 7.87. The lowest BCUT2D eigenvalue weighted by Crippen LogP contribution is -2.19. The third-order valence-corrected chi connectivity index (χ3v) is 2.42. The monoisotopic (exact) mass is 203 g/mol. The molecule has 4 heteroatoms. The van der Waals surface area contributed by atoms with E-state index in [0.717, 1.165) is 11.3 Å². The van der Waals surface area contributed by atoms with Crippen molar-refractivity contribution in [3.8, 4) is 5.69 Å². The van der Waals surface area contributed by atoms with Gasteiger partial charge in [0.15, 0.2) is 0 Å². The summed E-state index contributed by atoms with van der Waals surface area (Å²) >= 11 is 0. The van der Waals surface area contributed by atoms with Crippen LogP contribution in [-0.2, 0) is 6.54 Å². The lowest BCUT2D eigenvalue weighted by atomic mass is 10.2. The fourth-order valence-corrected chi connectivity index (χ4v) is 1.55. The average molecular weight is 203 g/mol. The lowest BCUT2D eigenvalue weighted by Gasteiger charge is -2.04. The Morgan fingerprint density at radius 2 is 2.13 bits per heavy atom. The zero-order valence-electron chi connectivity index (χ0n) is 8.53. The molecule has 0 spiro atoms. The minimum Gasteiger partial charge on any atom is -0.326 e. The molecule has 78 valence electrons. The first-order chi connectivity index (χ1) is 7.24. The van der Waals surface area contributed by atoms with Crippen LogP contribution in [0.4, 0.5) is 0 Å². The van der Waals surface area contributed by atoms with E-state index in [-0.39, 0.29) is 12.1 Å². The van der Waals surface area contributed by atoms with Crippen molar-refractivity contribution in [2.45, 2.75) is 13.5 Å². The highest BCUT2D eigenvalue weighted by Gasteiger charge is 2.07. The second kappa shape index (κ2) is 3.74. The number of nitrogens with one attached hydrogen (secondary N) is 1. The van der Waals surface area contributed by atoms with Crippen molar-refractivity contribution in [2.24, 2.45) is 5.73 Å². The number of aromatic nitrogens is 2. The van der Waals surface area contributed by atoms with E-state index < -0.39 is 0 Å². The molecule has 0 atom stereocenters. The van der Waals surface area contributed by atoms with Gasteiger partial charge in [0.05, 0.1) is 11.3 Å². The number of aromatic amines is 1. The summed E-state index contributed by atoms with van der Waals surface area (Å²) in [5, 5.41) is 2.91. The Bertz CT molecular complexity index is 525. The summed E-state index contributed by atoms with van der Waals surface area (Å²) in [6, 6.07) is 7.70. The molecule has 1 heterocycles.